The van der Waals surface area contributed by atoms with Gasteiger partial charge in [-0.3, -0.25) is 4.98 Å². The van der Waals surface area contributed by atoms with Crippen molar-refractivity contribution in [2.24, 2.45) is 0 Å². The van der Waals surface area contributed by atoms with E-state index in [0.29, 0.717) is 17.5 Å². The molecule has 27 heavy (non-hydrogen) atoms. The number of rotatable bonds is 2. The highest BCUT2D eigenvalue weighted by atomic mass is 16.5. The number of imidazole rings is 1. The standard InChI is InChI=1S/C21H22N4O2/c1-13-8-16(5-7-27-13)25-20-17-9-14(10-22)2-3-18(17)23-11-19(20)24-21(25)15-4-6-26-12-15/h2-3,9,11,13,15-16H,4-8,12H2,1H3/t13-,15?,16-/m1/s1. The van der Waals surface area contributed by atoms with E-state index in [9.17, 15) is 5.26 Å². The first-order valence-corrected chi connectivity index (χ1v) is 9.64. The van der Waals surface area contributed by atoms with Gasteiger partial charge in [-0.1, -0.05) is 0 Å². The lowest BCUT2D eigenvalue weighted by Crippen LogP contribution is -2.27. The zero-order valence-electron chi connectivity index (χ0n) is 15.4. The summed E-state index contributed by atoms with van der Waals surface area (Å²) in [5.74, 6) is 1.41. The molecule has 2 fully saturated rings. The van der Waals surface area contributed by atoms with Crippen molar-refractivity contribution in [2.75, 3.05) is 19.8 Å². The molecule has 2 saturated heterocycles. The number of hydrogen-bond acceptors (Lipinski definition) is 5. The Hall–Kier alpha value is -2.49. The molecule has 2 aromatic heterocycles. The maximum absolute atomic E-state index is 9.37. The Morgan fingerprint density at radius 3 is 2.93 bits per heavy atom. The van der Waals surface area contributed by atoms with Gasteiger partial charge in [0.15, 0.2) is 0 Å². The van der Waals surface area contributed by atoms with Gasteiger partial charge in [0.25, 0.3) is 0 Å². The number of benzene rings is 1. The van der Waals surface area contributed by atoms with Gasteiger partial charge in [0.2, 0.25) is 0 Å². The van der Waals surface area contributed by atoms with Crippen molar-refractivity contribution >= 4 is 21.9 Å². The Labute approximate surface area is 157 Å². The van der Waals surface area contributed by atoms with Crippen LogP contribution in [-0.2, 0) is 9.47 Å². The summed E-state index contributed by atoms with van der Waals surface area (Å²) in [6.45, 7) is 4.40. The van der Waals surface area contributed by atoms with Gasteiger partial charge in [-0.2, -0.15) is 5.26 Å². The quantitative estimate of drug-likeness (QED) is 0.695. The maximum atomic E-state index is 9.37. The average Bonchev–Trinajstić information content (AvgIpc) is 3.35. The maximum Gasteiger partial charge on any atom is 0.115 e. The molecular formula is C21H22N4O2. The fourth-order valence-electron chi connectivity index (χ4n) is 4.47. The van der Waals surface area contributed by atoms with E-state index in [-0.39, 0.29) is 6.10 Å². The number of nitrogens with zero attached hydrogens (tertiary/aromatic N) is 4. The first-order valence-electron chi connectivity index (χ1n) is 9.64. The lowest BCUT2D eigenvalue weighted by molar-refractivity contribution is 0.00604. The van der Waals surface area contributed by atoms with Crippen LogP contribution >= 0.6 is 0 Å². The van der Waals surface area contributed by atoms with Crippen LogP contribution in [0.4, 0.5) is 0 Å². The minimum atomic E-state index is 0.233. The van der Waals surface area contributed by atoms with Crippen molar-refractivity contribution in [3.05, 3.63) is 35.8 Å². The zero-order valence-corrected chi connectivity index (χ0v) is 15.4. The highest BCUT2D eigenvalue weighted by molar-refractivity contribution is 6.03. The van der Waals surface area contributed by atoms with Gasteiger partial charge in [-0.05, 0) is 44.4 Å². The van der Waals surface area contributed by atoms with E-state index >= 15 is 0 Å². The summed E-state index contributed by atoms with van der Waals surface area (Å²) in [4.78, 5) is 9.58. The molecule has 0 aliphatic carbocycles. The molecule has 0 bridgehead atoms. The van der Waals surface area contributed by atoms with Crippen LogP contribution in [0.1, 0.15) is 49.5 Å². The summed E-state index contributed by atoms with van der Waals surface area (Å²) >= 11 is 0. The number of fused-ring (bicyclic) bond motifs is 3. The second-order valence-electron chi connectivity index (χ2n) is 7.60. The molecule has 2 aliphatic heterocycles. The summed E-state index contributed by atoms with van der Waals surface area (Å²) in [5, 5.41) is 10.4. The summed E-state index contributed by atoms with van der Waals surface area (Å²) in [7, 11) is 0. The van der Waals surface area contributed by atoms with Crippen LogP contribution in [0.5, 0.6) is 0 Å². The van der Waals surface area contributed by atoms with Crippen molar-refractivity contribution in [2.45, 2.75) is 44.2 Å². The molecule has 3 aromatic rings. The molecule has 0 spiro atoms. The van der Waals surface area contributed by atoms with Crippen molar-refractivity contribution in [1.29, 1.82) is 5.26 Å². The molecule has 2 aliphatic rings. The number of ether oxygens (including phenoxy) is 2. The zero-order chi connectivity index (χ0) is 18.4. The minimum absolute atomic E-state index is 0.233. The predicted octanol–water partition coefficient (Wildman–Crippen LogP) is 3.70. The highest BCUT2D eigenvalue weighted by Gasteiger charge is 2.31. The molecule has 3 atom stereocenters. The third-order valence-electron chi connectivity index (χ3n) is 5.79. The number of nitriles is 1. The van der Waals surface area contributed by atoms with Crippen molar-refractivity contribution in [3.63, 3.8) is 0 Å². The van der Waals surface area contributed by atoms with Crippen LogP contribution < -0.4 is 0 Å². The Balaban J connectivity index is 1.79. The van der Waals surface area contributed by atoms with Crippen molar-refractivity contribution in [3.8, 4) is 6.07 Å². The summed E-state index contributed by atoms with van der Waals surface area (Å²) in [5.41, 5.74) is 3.55. The third kappa shape index (κ3) is 2.78. The molecule has 138 valence electrons. The fraction of sp³-hybridized carbons (Fsp3) is 0.476. The lowest BCUT2D eigenvalue weighted by Gasteiger charge is -2.30. The fourth-order valence-corrected chi connectivity index (χ4v) is 4.47. The molecular weight excluding hydrogens is 340 g/mol. The van der Waals surface area contributed by atoms with Crippen LogP contribution in [0.15, 0.2) is 24.4 Å². The van der Waals surface area contributed by atoms with E-state index in [1.165, 1.54) is 0 Å². The second-order valence-corrected chi connectivity index (χ2v) is 7.60. The molecule has 6 heteroatoms. The van der Waals surface area contributed by atoms with Gasteiger partial charge in [0.1, 0.15) is 11.3 Å². The smallest absolute Gasteiger partial charge is 0.115 e. The Morgan fingerprint density at radius 2 is 2.15 bits per heavy atom. The minimum Gasteiger partial charge on any atom is -0.381 e. The predicted molar refractivity (Wildman–Crippen MR) is 102 cm³/mol. The molecule has 1 aromatic carbocycles. The van der Waals surface area contributed by atoms with E-state index in [1.807, 2.05) is 24.4 Å². The number of aromatic nitrogens is 3. The van der Waals surface area contributed by atoms with Gasteiger partial charge in [0.05, 0.1) is 41.6 Å². The normalized spacial score (nSPS) is 25.9. The van der Waals surface area contributed by atoms with Gasteiger partial charge in [-0.15, -0.1) is 0 Å². The summed E-state index contributed by atoms with van der Waals surface area (Å²) in [6.07, 6.45) is 5.03. The van der Waals surface area contributed by atoms with E-state index < -0.39 is 0 Å². The molecule has 4 heterocycles. The van der Waals surface area contributed by atoms with E-state index in [1.54, 1.807) is 0 Å². The first-order chi connectivity index (χ1) is 13.2. The average molecular weight is 362 g/mol. The lowest BCUT2D eigenvalue weighted by atomic mass is 10.0. The summed E-state index contributed by atoms with van der Waals surface area (Å²) < 4.78 is 13.9. The van der Waals surface area contributed by atoms with Gasteiger partial charge in [-0.25, -0.2) is 4.98 Å². The molecule has 0 saturated carbocycles. The topological polar surface area (TPSA) is 73.0 Å². The molecule has 6 nitrogen and oxygen atoms in total. The first kappa shape index (κ1) is 16.7. The Bertz CT molecular complexity index is 1050. The van der Waals surface area contributed by atoms with Gasteiger partial charge in [0, 0.05) is 30.6 Å². The molecule has 0 radical (unpaired) electrons. The van der Waals surface area contributed by atoms with Crippen LogP contribution in [0, 0.1) is 11.3 Å². The van der Waals surface area contributed by atoms with Gasteiger partial charge >= 0.3 is 0 Å². The monoisotopic (exact) mass is 362 g/mol. The molecule has 0 N–H and O–H groups in total. The van der Waals surface area contributed by atoms with E-state index in [0.717, 1.165) is 66.8 Å². The number of hydrogen-bond donors (Lipinski definition) is 0. The Kier molecular flexibility index (Phi) is 4.07. The van der Waals surface area contributed by atoms with Gasteiger partial charge < -0.3 is 14.0 Å². The van der Waals surface area contributed by atoms with Crippen LogP contribution in [-0.4, -0.2) is 40.5 Å². The van der Waals surface area contributed by atoms with Crippen LogP contribution in [0.2, 0.25) is 0 Å². The van der Waals surface area contributed by atoms with Crippen LogP contribution in [0.25, 0.3) is 21.9 Å². The van der Waals surface area contributed by atoms with Crippen LogP contribution in [0.3, 0.4) is 0 Å². The third-order valence-corrected chi connectivity index (χ3v) is 5.79. The van der Waals surface area contributed by atoms with E-state index in [2.05, 4.69) is 22.5 Å². The molecule has 5 rings (SSSR count). The second kappa shape index (κ2) is 6.59. The molecule has 1 unspecified atom stereocenters. The largest absolute Gasteiger partial charge is 0.381 e. The SMILES string of the molecule is C[C@@H]1C[C@H](n2c(C3CCOC3)nc3cnc4ccc(C#N)cc4c32)CCO1. The van der Waals surface area contributed by atoms with Crippen molar-refractivity contribution < 1.29 is 9.47 Å². The Morgan fingerprint density at radius 1 is 1.22 bits per heavy atom. The summed E-state index contributed by atoms with van der Waals surface area (Å²) in [6, 6.07) is 8.29. The molecule has 0 amide bonds. The highest BCUT2D eigenvalue weighted by Crippen LogP contribution is 2.37. The number of pyridine rings is 1. The van der Waals surface area contributed by atoms with E-state index in [4.69, 9.17) is 14.5 Å². The van der Waals surface area contributed by atoms with Crippen molar-refractivity contribution in [1.82, 2.24) is 14.5 Å².